The van der Waals surface area contributed by atoms with Crippen molar-refractivity contribution < 1.29 is 9.53 Å². The maximum atomic E-state index is 12.3. The highest BCUT2D eigenvalue weighted by molar-refractivity contribution is 5.92. The molecule has 1 fully saturated rings. The molecule has 1 aromatic carbocycles. The Bertz CT molecular complexity index is 634. The molecule has 1 amide bonds. The molecule has 2 heterocycles. The fourth-order valence-corrected chi connectivity index (χ4v) is 2.23. The van der Waals surface area contributed by atoms with E-state index in [1.54, 1.807) is 17.0 Å². The summed E-state index contributed by atoms with van der Waals surface area (Å²) in [4.78, 5) is 14.0. The first-order valence-electron chi connectivity index (χ1n) is 7.27. The number of anilines is 2. The zero-order valence-corrected chi connectivity index (χ0v) is 12.5. The molecule has 0 bridgehead atoms. The molecule has 6 nitrogen and oxygen atoms in total. The predicted octanol–water partition coefficient (Wildman–Crippen LogP) is 2.00. The average molecular weight is 298 g/mol. The normalized spacial score (nSPS) is 14.7. The van der Waals surface area contributed by atoms with Crippen molar-refractivity contribution in [3.63, 3.8) is 0 Å². The number of ether oxygens (including phenoxy) is 1. The van der Waals surface area contributed by atoms with E-state index in [9.17, 15) is 4.79 Å². The molecule has 2 aromatic rings. The Balaban J connectivity index is 1.66. The second-order valence-corrected chi connectivity index (χ2v) is 5.20. The molecular weight excluding hydrogens is 280 g/mol. The van der Waals surface area contributed by atoms with E-state index in [2.05, 4.69) is 15.5 Å². The number of amides is 1. The smallest absolute Gasteiger partial charge is 0.274 e. The fraction of sp³-hybridized carbons (Fsp3) is 0.312. The second-order valence-electron chi connectivity index (χ2n) is 5.20. The summed E-state index contributed by atoms with van der Waals surface area (Å²) in [5.74, 6) is 0.514. The van der Waals surface area contributed by atoms with Crippen molar-refractivity contribution in [2.75, 3.05) is 31.6 Å². The first-order valence-corrected chi connectivity index (χ1v) is 7.27. The van der Waals surface area contributed by atoms with Crippen LogP contribution in [0.4, 0.5) is 11.5 Å². The van der Waals surface area contributed by atoms with Crippen LogP contribution in [0, 0.1) is 6.92 Å². The van der Waals surface area contributed by atoms with E-state index in [1.165, 1.54) is 5.56 Å². The van der Waals surface area contributed by atoms with Crippen molar-refractivity contribution in [3.8, 4) is 0 Å². The van der Waals surface area contributed by atoms with Gasteiger partial charge in [0.25, 0.3) is 5.91 Å². The van der Waals surface area contributed by atoms with Gasteiger partial charge in [-0.05, 0) is 31.2 Å². The number of morpholine rings is 1. The minimum absolute atomic E-state index is 0.0994. The maximum Gasteiger partial charge on any atom is 0.274 e. The number of nitrogens with one attached hydrogen (secondary N) is 1. The lowest BCUT2D eigenvalue weighted by atomic mass is 10.2. The Morgan fingerprint density at radius 3 is 2.45 bits per heavy atom. The highest BCUT2D eigenvalue weighted by Crippen LogP contribution is 2.15. The molecule has 6 heteroatoms. The Labute approximate surface area is 129 Å². The van der Waals surface area contributed by atoms with Gasteiger partial charge in [0.2, 0.25) is 0 Å². The van der Waals surface area contributed by atoms with Gasteiger partial charge in [-0.15, -0.1) is 10.2 Å². The lowest BCUT2D eigenvalue weighted by Gasteiger charge is -2.26. The Hall–Kier alpha value is -2.47. The van der Waals surface area contributed by atoms with Gasteiger partial charge in [-0.1, -0.05) is 17.7 Å². The molecule has 114 valence electrons. The predicted molar refractivity (Wildman–Crippen MR) is 83.2 cm³/mol. The van der Waals surface area contributed by atoms with Gasteiger partial charge in [0.05, 0.1) is 13.2 Å². The summed E-state index contributed by atoms with van der Waals surface area (Å²) in [6.45, 7) is 4.39. The first kappa shape index (κ1) is 14.5. The summed E-state index contributed by atoms with van der Waals surface area (Å²) in [5.41, 5.74) is 2.49. The molecule has 1 aliphatic heterocycles. The SMILES string of the molecule is Cc1ccc(Nc2ccc(C(=O)N3CCOCC3)nn2)cc1. The monoisotopic (exact) mass is 298 g/mol. The minimum Gasteiger partial charge on any atom is -0.378 e. The topological polar surface area (TPSA) is 67.4 Å². The highest BCUT2D eigenvalue weighted by Gasteiger charge is 2.19. The first-order chi connectivity index (χ1) is 10.7. The molecular formula is C16H18N4O2. The van der Waals surface area contributed by atoms with E-state index in [1.807, 2.05) is 31.2 Å². The van der Waals surface area contributed by atoms with Crippen LogP contribution in [-0.4, -0.2) is 47.3 Å². The van der Waals surface area contributed by atoms with Crippen LogP contribution < -0.4 is 5.32 Å². The molecule has 0 unspecified atom stereocenters. The van der Waals surface area contributed by atoms with Crippen molar-refractivity contribution in [3.05, 3.63) is 47.7 Å². The standard InChI is InChI=1S/C16H18N4O2/c1-12-2-4-13(5-3-12)17-15-7-6-14(18-19-15)16(21)20-8-10-22-11-9-20/h2-7H,8-11H2,1H3,(H,17,19). The number of carbonyl (C=O) groups is 1. The summed E-state index contributed by atoms with van der Waals surface area (Å²) in [6.07, 6.45) is 0. The van der Waals surface area contributed by atoms with Crippen LogP contribution in [0.15, 0.2) is 36.4 Å². The Morgan fingerprint density at radius 2 is 1.82 bits per heavy atom. The van der Waals surface area contributed by atoms with Gasteiger partial charge >= 0.3 is 0 Å². The summed E-state index contributed by atoms with van der Waals surface area (Å²) in [5, 5.41) is 11.3. The van der Waals surface area contributed by atoms with E-state index in [0.29, 0.717) is 37.8 Å². The summed E-state index contributed by atoms with van der Waals surface area (Å²) < 4.78 is 5.24. The van der Waals surface area contributed by atoms with Crippen LogP contribution in [0.5, 0.6) is 0 Å². The number of hydrogen-bond donors (Lipinski definition) is 1. The number of aromatic nitrogens is 2. The molecule has 0 spiro atoms. The number of benzene rings is 1. The molecule has 1 N–H and O–H groups in total. The summed E-state index contributed by atoms with van der Waals surface area (Å²) >= 11 is 0. The average Bonchev–Trinajstić information content (AvgIpc) is 2.58. The lowest BCUT2D eigenvalue weighted by Crippen LogP contribution is -2.41. The van der Waals surface area contributed by atoms with Crippen molar-refractivity contribution in [2.45, 2.75) is 6.92 Å². The Kier molecular flexibility index (Phi) is 4.29. The van der Waals surface area contributed by atoms with E-state index in [4.69, 9.17) is 4.74 Å². The molecule has 22 heavy (non-hydrogen) atoms. The van der Waals surface area contributed by atoms with Crippen LogP contribution in [0.2, 0.25) is 0 Å². The summed E-state index contributed by atoms with van der Waals surface area (Å²) in [6, 6.07) is 11.5. The zero-order valence-electron chi connectivity index (χ0n) is 12.5. The third kappa shape index (κ3) is 3.40. The molecule has 1 saturated heterocycles. The highest BCUT2D eigenvalue weighted by atomic mass is 16.5. The van der Waals surface area contributed by atoms with Crippen molar-refractivity contribution in [1.29, 1.82) is 0 Å². The van der Waals surface area contributed by atoms with Crippen molar-refractivity contribution in [1.82, 2.24) is 15.1 Å². The minimum atomic E-state index is -0.0994. The molecule has 0 aliphatic carbocycles. The van der Waals surface area contributed by atoms with E-state index >= 15 is 0 Å². The number of nitrogens with zero attached hydrogens (tertiary/aromatic N) is 3. The molecule has 1 aliphatic rings. The van der Waals surface area contributed by atoms with Gasteiger partial charge in [0, 0.05) is 18.8 Å². The van der Waals surface area contributed by atoms with Gasteiger partial charge in [0.15, 0.2) is 11.5 Å². The number of rotatable bonds is 3. The Morgan fingerprint density at radius 1 is 1.09 bits per heavy atom. The number of hydrogen-bond acceptors (Lipinski definition) is 5. The molecule has 1 aromatic heterocycles. The van der Waals surface area contributed by atoms with Crippen LogP contribution in [-0.2, 0) is 4.74 Å². The largest absolute Gasteiger partial charge is 0.378 e. The number of carbonyl (C=O) groups excluding carboxylic acids is 1. The van der Waals surface area contributed by atoms with Gasteiger partial charge in [-0.25, -0.2) is 0 Å². The van der Waals surface area contributed by atoms with Crippen LogP contribution in [0.3, 0.4) is 0 Å². The molecule has 3 rings (SSSR count). The third-order valence-corrected chi connectivity index (χ3v) is 3.51. The van der Waals surface area contributed by atoms with Gasteiger partial charge in [-0.2, -0.15) is 0 Å². The zero-order chi connectivity index (χ0) is 15.4. The van der Waals surface area contributed by atoms with Gasteiger partial charge in [-0.3, -0.25) is 4.79 Å². The fourth-order valence-electron chi connectivity index (χ4n) is 2.23. The number of aryl methyl sites for hydroxylation is 1. The molecule has 0 saturated carbocycles. The molecule has 0 atom stereocenters. The second kappa shape index (κ2) is 6.53. The lowest BCUT2D eigenvalue weighted by molar-refractivity contribution is 0.0298. The van der Waals surface area contributed by atoms with Gasteiger partial charge in [0.1, 0.15) is 0 Å². The third-order valence-electron chi connectivity index (χ3n) is 3.51. The van der Waals surface area contributed by atoms with Crippen LogP contribution >= 0.6 is 0 Å². The van der Waals surface area contributed by atoms with Crippen LogP contribution in [0.1, 0.15) is 16.1 Å². The summed E-state index contributed by atoms with van der Waals surface area (Å²) in [7, 11) is 0. The van der Waals surface area contributed by atoms with Gasteiger partial charge < -0.3 is 15.0 Å². The molecule has 0 radical (unpaired) electrons. The van der Waals surface area contributed by atoms with Crippen molar-refractivity contribution in [2.24, 2.45) is 0 Å². The van der Waals surface area contributed by atoms with Crippen molar-refractivity contribution >= 4 is 17.4 Å². The van der Waals surface area contributed by atoms with E-state index < -0.39 is 0 Å². The van der Waals surface area contributed by atoms with E-state index in [0.717, 1.165) is 5.69 Å². The van der Waals surface area contributed by atoms with E-state index in [-0.39, 0.29) is 5.91 Å². The van der Waals surface area contributed by atoms with Crippen LogP contribution in [0.25, 0.3) is 0 Å². The quantitative estimate of drug-likeness (QED) is 0.938. The maximum absolute atomic E-state index is 12.3.